The normalized spacial score (nSPS) is 37.1. The van der Waals surface area contributed by atoms with Gasteiger partial charge >= 0.3 is 0 Å². The van der Waals surface area contributed by atoms with Crippen molar-refractivity contribution in [2.45, 2.75) is 77.6 Å². The molecule has 0 spiro atoms. The Morgan fingerprint density at radius 1 is 0.833 bits per heavy atom. The van der Waals surface area contributed by atoms with Crippen LogP contribution in [0.5, 0.6) is 0 Å². The Hall–Kier alpha value is -0.510. The van der Waals surface area contributed by atoms with E-state index in [4.69, 9.17) is 5.26 Å². The first-order chi connectivity index (χ1) is 8.83. The van der Waals surface area contributed by atoms with E-state index in [0.29, 0.717) is 0 Å². The number of hydrogen-bond acceptors (Lipinski definition) is 1. The highest BCUT2D eigenvalue weighted by Gasteiger charge is 2.30. The Bertz CT molecular complexity index is 262. The van der Waals surface area contributed by atoms with E-state index in [-0.39, 0.29) is 0 Å². The molecule has 0 aromatic rings. The summed E-state index contributed by atoms with van der Waals surface area (Å²) in [5.41, 5.74) is 0. The molecule has 2 saturated carbocycles. The van der Waals surface area contributed by atoms with Gasteiger partial charge < -0.3 is 0 Å². The van der Waals surface area contributed by atoms with Gasteiger partial charge in [-0.05, 0) is 62.2 Å². The Kier molecular flexibility index (Phi) is 5.54. The average Bonchev–Trinajstić information content (AvgIpc) is 2.41. The van der Waals surface area contributed by atoms with Crippen molar-refractivity contribution in [3.05, 3.63) is 0 Å². The van der Waals surface area contributed by atoms with Gasteiger partial charge in [0.15, 0.2) is 0 Å². The lowest BCUT2D eigenvalue weighted by Crippen LogP contribution is -2.25. The fourth-order valence-electron chi connectivity index (χ4n) is 4.35. The van der Waals surface area contributed by atoms with E-state index in [1.165, 1.54) is 64.2 Å². The third kappa shape index (κ3) is 3.74. The summed E-state index contributed by atoms with van der Waals surface area (Å²) in [7, 11) is 0. The van der Waals surface area contributed by atoms with Gasteiger partial charge in [-0.2, -0.15) is 5.26 Å². The molecule has 2 aliphatic rings. The van der Waals surface area contributed by atoms with Gasteiger partial charge in [-0.15, -0.1) is 0 Å². The van der Waals surface area contributed by atoms with Gasteiger partial charge in [-0.25, -0.2) is 0 Å². The average molecular weight is 247 g/mol. The van der Waals surface area contributed by atoms with Crippen LogP contribution >= 0.6 is 0 Å². The standard InChI is InChI=1S/C17H29N/c1-2-3-14-4-8-16(9-5-14)17-10-6-15(7-11-17)12-13-18/h14-17H,2-12H2,1H3/t14-,15-,16-,17-. The van der Waals surface area contributed by atoms with E-state index >= 15 is 0 Å². The van der Waals surface area contributed by atoms with Crippen molar-refractivity contribution < 1.29 is 0 Å². The summed E-state index contributed by atoms with van der Waals surface area (Å²) in [5, 5.41) is 8.76. The molecule has 0 amide bonds. The van der Waals surface area contributed by atoms with Crippen LogP contribution in [0, 0.1) is 35.0 Å². The number of nitrogens with zero attached hydrogens (tertiary/aromatic N) is 1. The molecule has 1 nitrogen and oxygen atoms in total. The van der Waals surface area contributed by atoms with E-state index in [0.717, 1.165) is 30.1 Å². The maximum absolute atomic E-state index is 8.76. The Morgan fingerprint density at radius 3 is 1.78 bits per heavy atom. The van der Waals surface area contributed by atoms with Gasteiger partial charge in [0.05, 0.1) is 6.07 Å². The number of nitriles is 1. The van der Waals surface area contributed by atoms with Gasteiger partial charge in [-0.1, -0.05) is 32.6 Å². The summed E-state index contributed by atoms with van der Waals surface area (Å²) in [6, 6.07) is 2.35. The molecule has 0 aromatic carbocycles. The predicted octanol–water partition coefficient (Wildman–Crippen LogP) is 5.31. The van der Waals surface area contributed by atoms with Crippen LogP contribution in [0.15, 0.2) is 0 Å². The van der Waals surface area contributed by atoms with Crippen molar-refractivity contribution in [2.75, 3.05) is 0 Å². The van der Waals surface area contributed by atoms with E-state index in [9.17, 15) is 0 Å². The second-order valence-corrected chi connectivity index (χ2v) is 6.71. The first-order valence-electron chi connectivity index (χ1n) is 8.20. The van der Waals surface area contributed by atoms with Crippen molar-refractivity contribution in [3.8, 4) is 6.07 Å². The quantitative estimate of drug-likeness (QED) is 0.660. The molecule has 0 aromatic heterocycles. The number of hydrogen-bond donors (Lipinski definition) is 0. The van der Waals surface area contributed by atoms with Crippen molar-refractivity contribution in [3.63, 3.8) is 0 Å². The molecule has 0 saturated heterocycles. The molecule has 0 unspecified atom stereocenters. The van der Waals surface area contributed by atoms with Crippen molar-refractivity contribution >= 4 is 0 Å². The topological polar surface area (TPSA) is 23.8 Å². The first-order valence-corrected chi connectivity index (χ1v) is 8.20. The lowest BCUT2D eigenvalue weighted by molar-refractivity contribution is 0.144. The Balaban J connectivity index is 1.70. The molecular weight excluding hydrogens is 218 g/mol. The van der Waals surface area contributed by atoms with Gasteiger partial charge in [0, 0.05) is 6.42 Å². The molecule has 2 fully saturated rings. The van der Waals surface area contributed by atoms with Crippen LogP contribution < -0.4 is 0 Å². The lowest BCUT2D eigenvalue weighted by atomic mass is 9.68. The summed E-state index contributed by atoms with van der Waals surface area (Å²) in [6.07, 6.45) is 15.1. The predicted molar refractivity (Wildman–Crippen MR) is 76.0 cm³/mol. The van der Waals surface area contributed by atoms with Gasteiger partial charge in [0.25, 0.3) is 0 Å². The second kappa shape index (κ2) is 7.17. The zero-order valence-corrected chi connectivity index (χ0v) is 12.0. The molecule has 102 valence electrons. The molecule has 0 radical (unpaired) electrons. The third-order valence-corrected chi connectivity index (χ3v) is 5.53. The molecule has 0 bridgehead atoms. The number of rotatable bonds is 4. The molecule has 0 heterocycles. The maximum atomic E-state index is 8.76. The van der Waals surface area contributed by atoms with Crippen molar-refractivity contribution in [1.29, 1.82) is 5.26 Å². The largest absolute Gasteiger partial charge is 0.198 e. The molecular formula is C17H29N. The summed E-state index contributed by atoms with van der Waals surface area (Å²) >= 11 is 0. The van der Waals surface area contributed by atoms with E-state index in [1.807, 2.05) is 0 Å². The van der Waals surface area contributed by atoms with Crippen LogP contribution in [-0.4, -0.2) is 0 Å². The minimum Gasteiger partial charge on any atom is -0.198 e. The first kappa shape index (κ1) is 13.9. The lowest BCUT2D eigenvalue weighted by Gasteiger charge is -2.37. The summed E-state index contributed by atoms with van der Waals surface area (Å²) in [6.45, 7) is 2.32. The van der Waals surface area contributed by atoms with Crippen molar-refractivity contribution in [1.82, 2.24) is 0 Å². The fourth-order valence-corrected chi connectivity index (χ4v) is 4.35. The van der Waals surface area contributed by atoms with E-state index in [1.54, 1.807) is 0 Å². The van der Waals surface area contributed by atoms with Crippen LogP contribution in [-0.2, 0) is 0 Å². The van der Waals surface area contributed by atoms with Gasteiger partial charge in [0.1, 0.15) is 0 Å². The second-order valence-electron chi connectivity index (χ2n) is 6.71. The van der Waals surface area contributed by atoms with E-state index in [2.05, 4.69) is 13.0 Å². The van der Waals surface area contributed by atoms with E-state index < -0.39 is 0 Å². The van der Waals surface area contributed by atoms with Crippen LogP contribution in [0.4, 0.5) is 0 Å². The van der Waals surface area contributed by atoms with Crippen LogP contribution in [0.25, 0.3) is 0 Å². The minimum absolute atomic E-state index is 0.725. The monoisotopic (exact) mass is 247 g/mol. The molecule has 0 aliphatic heterocycles. The SMILES string of the molecule is CCC[C@H]1CC[C@H]([C@H]2CC[C@H](CC#N)CC2)CC1. The highest BCUT2D eigenvalue weighted by atomic mass is 14.4. The zero-order valence-electron chi connectivity index (χ0n) is 12.0. The van der Waals surface area contributed by atoms with Gasteiger partial charge in [-0.3, -0.25) is 0 Å². The Labute approximate surface area is 113 Å². The highest BCUT2D eigenvalue weighted by Crippen LogP contribution is 2.42. The molecule has 18 heavy (non-hydrogen) atoms. The van der Waals surface area contributed by atoms with Crippen LogP contribution in [0.2, 0.25) is 0 Å². The maximum Gasteiger partial charge on any atom is 0.0624 e. The van der Waals surface area contributed by atoms with Crippen LogP contribution in [0.1, 0.15) is 77.6 Å². The van der Waals surface area contributed by atoms with Crippen molar-refractivity contribution in [2.24, 2.45) is 23.7 Å². The van der Waals surface area contributed by atoms with Crippen LogP contribution in [0.3, 0.4) is 0 Å². The highest BCUT2D eigenvalue weighted by molar-refractivity contribution is 4.85. The summed E-state index contributed by atoms with van der Waals surface area (Å²) in [5.74, 6) is 3.80. The summed E-state index contributed by atoms with van der Waals surface area (Å²) in [4.78, 5) is 0. The molecule has 0 N–H and O–H groups in total. The molecule has 0 atom stereocenters. The smallest absolute Gasteiger partial charge is 0.0624 e. The molecule has 1 heteroatoms. The molecule has 2 rings (SSSR count). The molecule has 2 aliphatic carbocycles. The van der Waals surface area contributed by atoms with Gasteiger partial charge in [0.2, 0.25) is 0 Å². The zero-order chi connectivity index (χ0) is 12.8. The summed E-state index contributed by atoms with van der Waals surface area (Å²) < 4.78 is 0. The minimum atomic E-state index is 0.725. The third-order valence-electron chi connectivity index (χ3n) is 5.53. The Morgan fingerprint density at radius 2 is 1.33 bits per heavy atom. The fraction of sp³-hybridized carbons (Fsp3) is 0.941.